The van der Waals surface area contributed by atoms with Crippen molar-refractivity contribution in [1.82, 2.24) is 5.32 Å². The van der Waals surface area contributed by atoms with E-state index in [-0.39, 0.29) is 6.54 Å². The van der Waals surface area contributed by atoms with E-state index in [9.17, 15) is 8.78 Å². The molecule has 0 aromatic rings. The van der Waals surface area contributed by atoms with Crippen molar-refractivity contribution in [3.05, 3.63) is 0 Å². The fourth-order valence-corrected chi connectivity index (χ4v) is 1.37. The molecule has 0 radical (unpaired) electrons. The van der Waals surface area contributed by atoms with E-state index >= 15 is 0 Å². The molecular weight excluding hydrogens is 180 g/mol. The molecule has 0 aliphatic carbocycles. The average Bonchev–Trinajstić information content (AvgIpc) is 2.53. The van der Waals surface area contributed by atoms with Crippen molar-refractivity contribution in [3.63, 3.8) is 0 Å². The Hall–Kier alpha value is -0.260. The summed E-state index contributed by atoms with van der Waals surface area (Å²) in [5.41, 5.74) is -0.394. The van der Waals surface area contributed by atoms with Crippen LogP contribution in [-0.4, -0.2) is 45.4 Å². The summed E-state index contributed by atoms with van der Waals surface area (Å²) < 4.78 is 34.0. The topological polar surface area (TPSA) is 30.5 Å². The normalized spacial score (nSPS) is 28.6. The second-order valence-corrected chi connectivity index (χ2v) is 3.21. The van der Waals surface area contributed by atoms with Gasteiger partial charge in [0, 0.05) is 26.7 Å². The first-order valence-corrected chi connectivity index (χ1v) is 4.30. The molecule has 1 aliphatic heterocycles. The lowest BCUT2D eigenvalue weighted by atomic mass is 10.0. The van der Waals surface area contributed by atoms with Crippen LogP contribution in [0.2, 0.25) is 0 Å². The highest BCUT2D eigenvalue weighted by atomic mass is 19.3. The lowest BCUT2D eigenvalue weighted by Crippen LogP contribution is -2.44. The van der Waals surface area contributed by atoms with E-state index in [1.54, 1.807) is 7.11 Å². The Bertz CT molecular complexity index is 149. The maximum Gasteiger partial charge on any atom is 0.250 e. The number of halogens is 2. The Morgan fingerprint density at radius 3 is 2.85 bits per heavy atom. The van der Waals surface area contributed by atoms with E-state index in [4.69, 9.17) is 9.47 Å². The van der Waals surface area contributed by atoms with Gasteiger partial charge in [0.1, 0.15) is 5.60 Å². The molecular formula is C8H15F2NO2. The second kappa shape index (κ2) is 4.83. The van der Waals surface area contributed by atoms with Crippen molar-refractivity contribution in [3.8, 4) is 0 Å². The molecule has 0 aromatic heterocycles. The zero-order valence-corrected chi connectivity index (χ0v) is 7.69. The highest BCUT2D eigenvalue weighted by Gasteiger charge is 2.34. The second-order valence-electron chi connectivity index (χ2n) is 3.21. The van der Waals surface area contributed by atoms with Crippen LogP contribution in [0.5, 0.6) is 0 Å². The van der Waals surface area contributed by atoms with Crippen LogP contribution < -0.4 is 5.32 Å². The fraction of sp³-hybridized carbons (Fsp3) is 1.00. The molecule has 5 heteroatoms. The first-order valence-electron chi connectivity index (χ1n) is 4.30. The van der Waals surface area contributed by atoms with Gasteiger partial charge in [0.05, 0.1) is 13.2 Å². The van der Waals surface area contributed by atoms with Gasteiger partial charge in [0.15, 0.2) is 0 Å². The van der Waals surface area contributed by atoms with E-state index in [0.29, 0.717) is 19.8 Å². The molecule has 0 amide bonds. The summed E-state index contributed by atoms with van der Waals surface area (Å²) in [5.74, 6) is 0. The lowest BCUT2D eigenvalue weighted by Gasteiger charge is -2.25. The van der Waals surface area contributed by atoms with Crippen LogP contribution in [0.1, 0.15) is 6.42 Å². The SMILES string of the molecule is COC1(CNCC(F)F)CCOC1. The summed E-state index contributed by atoms with van der Waals surface area (Å²) >= 11 is 0. The summed E-state index contributed by atoms with van der Waals surface area (Å²) in [7, 11) is 1.58. The third kappa shape index (κ3) is 3.17. The molecule has 1 heterocycles. The van der Waals surface area contributed by atoms with Crippen molar-refractivity contribution in [2.75, 3.05) is 33.4 Å². The Morgan fingerprint density at radius 2 is 2.38 bits per heavy atom. The van der Waals surface area contributed by atoms with Crippen LogP contribution in [0.3, 0.4) is 0 Å². The zero-order valence-electron chi connectivity index (χ0n) is 7.69. The van der Waals surface area contributed by atoms with Gasteiger partial charge in [-0.2, -0.15) is 0 Å². The number of hydrogen-bond donors (Lipinski definition) is 1. The Kier molecular flexibility index (Phi) is 4.02. The van der Waals surface area contributed by atoms with Gasteiger partial charge in [0.25, 0.3) is 6.43 Å². The molecule has 0 spiro atoms. The molecule has 0 aromatic carbocycles. The van der Waals surface area contributed by atoms with Crippen LogP contribution in [0.15, 0.2) is 0 Å². The Morgan fingerprint density at radius 1 is 1.62 bits per heavy atom. The van der Waals surface area contributed by atoms with Crippen molar-refractivity contribution in [2.45, 2.75) is 18.4 Å². The highest BCUT2D eigenvalue weighted by molar-refractivity contribution is 4.86. The minimum absolute atomic E-state index is 0.287. The van der Waals surface area contributed by atoms with Crippen LogP contribution in [-0.2, 0) is 9.47 Å². The molecule has 1 N–H and O–H groups in total. The number of hydrogen-bond acceptors (Lipinski definition) is 3. The highest BCUT2D eigenvalue weighted by Crippen LogP contribution is 2.21. The minimum atomic E-state index is -2.31. The molecule has 0 bridgehead atoms. The average molecular weight is 195 g/mol. The van der Waals surface area contributed by atoms with Crippen LogP contribution in [0.25, 0.3) is 0 Å². The molecule has 1 rings (SSSR count). The molecule has 1 aliphatic rings. The van der Waals surface area contributed by atoms with Gasteiger partial charge in [0.2, 0.25) is 0 Å². The standard InChI is InChI=1S/C8H15F2NO2/c1-12-8(2-3-13-6-8)5-11-4-7(9)10/h7,11H,2-6H2,1H3. The molecule has 1 fully saturated rings. The number of ether oxygens (including phenoxy) is 2. The minimum Gasteiger partial charge on any atom is -0.378 e. The summed E-state index contributed by atoms with van der Waals surface area (Å²) in [6, 6.07) is 0. The zero-order chi connectivity index (χ0) is 9.73. The number of alkyl halides is 2. The van der Waals surface area contributed by atoms with Gasteiger partial charge >= 0.3 is 0 Å². The monoisotopic (exact) mass is 195 g/mol. The molecule has 78 valence electrons. The van der Waals surface area contributed by atoms with Crippen molar-refractivity contribution in [1.29, 1.82) is 0 Å². The van der Waals surface area contributed by atoms with Crippen molar-refractivity contribution in [2.24, 2.45) is 0 Å². The van der Waals surface area contributed by atoms with Crippen LogP contribution in [0, 0.1) is 0 Å². The third-order valence-corrected chi connectivity index (χ3v) is 2.25. The Balaban J connectivity index is 2.23. The predicted octanol–water partition coefficient (Wildman–Crippen LogP) is 0.647. The first kappa shape index (κ1) is 10.8. The first-order chi connectivity index (χ1) is 6.18. The fourth-order valence-electron chi connectivity index (χ4n) is 1.37. The number of methoxy groups -OCH3 is 1. The smallest absolute Gasteiger partial charge is 0.250 e. The molecule has 3 nitrogen and oxygen atoms in total. The molecule has 0 saturated carbocycles. The summed E-state index contributed by atoms with van der Waals surface area (Å²) in [4.78, 5) is 0. The third-order valence-electron chi connectivity index (χ3n) is 2.25. The van der Waals surface area contributed by atoms with Gasteiger partial charge < -0.3 is 14.8 Å². The van der Waals surface area contributed by atoms with E-state index in [1.807, 2.05) is 0 Å². The van der Waals surface area contributed by atoms with Gasteiger partial charge in [-0.3, -0.25) is 0 Å². The molecule has 1 saturated heterocycles. The molecule has 13 heavy (non-hydrogen) atoms. The van der Waals surface area contributed by atoms with E-state index < -0.39 is 12.0 Å². The lowest BCUT2D eigenvalue weighted by molar-refractivity contribution is -0.0179. The van der Waals surface area contributed by atoms with Crippen molar-refractivity contribution >= 4 is 0 Å². The van der Waals surface area contributed by atoms with Gasteiger partial charge in [-0.15, -0.1) is 0 Å². The van der Waals surface area contributed by atoms with E-state index in [2.05, 4.69) is 5.32 Å². The molecule has 1 unspecified atom stereocenters. The number of rotatable bonds is 5. The summed E-state index contributed by atoms with van der Waals surface area (Å²) in [6.45, 7) is 1.27. The van der Waals surface area contributed by atoms with Gasteiger partial charge in [-0.1, -0.05) is 0 Å². The quantitative estimate of drug-likeness (QED) is 0.698. The van der Waals surface area contributed by atoms with Gasteiger partial charge in [-0.25, -0.2) is 8.78 Å². The largest absolute Gasteiger partial charge is 0.378 e. The maximum absolute atomic E-state index is 11.8. The Labute approximate surface area is 76.4 Å². The van der Waals surface area contributed by atoms with Crippen LogP contribution >= 0.6 is 0 Å². The predicted molar refractivity (Wildman–Crippen MR) is 44.0 cm³/mol. The van der Waals surface area contributed by atoms with Crippen molar-refractivity contribution < 1.29 is 18.3 Å². The van der Waals surface area contributed by atoms with E-state index in [1.165, 1.54) is 0 Å². The summed E-state index contributed by atoms with van der Waals surface area (Å²) in [5, 5.41) is 2.66. The molecule has 1 atom stereocenters. The number of nitrogens with one attached hydrogen (secondary N) is 1. The summed E-state index contributed by atoms with van der Waals surface area (Å²) in [6.07, 6.45) is -1.55. The maximum atomic E-state index is 11.8. The van der Waals surface area contributed by atoms with Crippen LogP contribution in [0.4, 0.5) is 8.78 Å². The van der Waals surface area contributed by atoms with E-state index in [0.717, 1.165) is 6.42 Å². The van der Waals surface area contributed by atoms with Gasteiger partial charge in [-0.05, 0) is 0 Å².